The molecule has 2 aromatic heterocycles. The van der Waals surface area contributed by atoms with E-state index in [-0.39, 0.29) is 23.3 Å². The van der Waals surface area contributed by atoms with Gasteiger partial charge in [0.2, 0.25) is 15.9 Å². The number of nitrogens with one attached hydrogen (secondary N) is 1. The number of thiophene rings is 1. The summed E-state index contributed by atoms with van der Waals surface area (Å²) in [5.74, 6) is 0.379. The number of benzene rings is 1. The van der Waals surface area contributed by atoms with E-state index in [0.717, 1.165) is 0 Å². The van der Waals surface area contributed by atoms with Crippen LogP contribution >= 0.6 is 11.3 Å². The van der Waals surface area contributed by atoms with Gasteiger partial charge < -0.3 is 14.2 Å². The number of piperazine rings is 1. The number of nitrogens with zero attached hydrogens (tertiary/aromatic N) is 2. The summed E-state index contributed by atoms with van der Waals surface area (Å²) in [4.78, 5) is 29.2. The molecule has 0 aliphatic carbocycles. The molecule has 0 unspecified atom stereocenters. The molecule has 1 fully saturated rings. The number of carbonyl (C=O) groups excluding carboxylic acids is 2. The normalized spacial score (nSPS) is 14.7. The molecule has 8 nitrogen and oxygen atoms in total. The smallest absolute Gasteiger partial charge is 0.264 e. The van der Waals surface area contributed by atoms with E-state index in [4.69, 9.17) is 4.42 Å². The zero-order valence-electron chi connectivity index (χ0n) is 17.7. The van der Waals surface area contributed by atoms with Gasteiger partial charge in [0.05, 0.1) is 22.6 Å². The first-order valence-corrected chi connectivity index (χ1v) is 12.7. The molecule has 1 aliphatic heterocycles. The van der Waals surface area contributed by atoms with Crippen molar-refractivity contribution in [3.8, 4) is 0 Å². The second-order valence-corrected chi connectivity index (χ2v) is 10.1. The molecule has 0 radical (unpaired) electrons. The average molecular weight is 486 g/mol. The molecule has 0 spiro atoms. The van der Waals surface area contributed by atoms with Crippen LogP contribution in [0.25, 0.3) is 6.08 Å². The molecule has 3 aromatic rings. The third-order valence-corrected chi connectivity index (χ3v) is 7.51. The minimum absolute atomic E-state index is 0.00123. The molecule has 0 saturated carbocycles. The Hall–Kier alpha value is -3.21. The monoisotopic (exact) mass is 485 g/mol. The standard InChI is InChI=1S/C23H23N3O5S2/c27-22(25-11-13-26(14-12-25)23(28)21-4-2-16-32-21)10-7-18-5-8-20(9-6-18)33(29,30)24-17-19-3-1-15-31-19/h1-10,15-16,24H,11-14,17H2. The number of hydrogen-bond donors (Lipinski definition) is 1. The van der Waals surface area contributed by atoms with Gasteiger partial charge in [0.25, 0.3) is 5.91 Å². The fourth-order valence-electron chi connectivity index (χ4n) is 3.38. The number of carbonyl (C=O) groups is 2. The van der Waals surface area contributed by atoms with Crippen molar-refractivity contribution in [2.24, 2.45) is 0 Å². The van der Waals surface area contributed by atoms with Crippen LogP contribution in [0.1, 0.15) is 21.0 Å². The highest BCUT2D eigenvalue weighted by atomic mass is 32.2. The molecule has 4 rings (SSSR count). The average Bonchev–Trinajstić information content (AvgIpc) is 3.56. The SMILES string of the molecule is O=C(C=Cc1ccc(S(=O)(=O)NCc2ccco2)cc1)N1CCN(C(=O)c2cccs2)CC1. The molecule has 172 valence electrons. The zero-order valence-corrected chi connectivity index (χ0v) is 19.3. The third-order valence-electron chi connectivity index (χ3n) is 5.24. The molecule has 0 atom stereocenters. The van der Waals surface area contributed by atoms with E-state index in [1.54, 1.807) is 46.2 Å². The molecule has 2 amide bonds. The van der Waals surface area contributed by atoms with Crippen LogP contribution in [-0.2, 0) is 21.4 Å². The highest BCUT2D eigenvalue weighted by molar-refractivity contribution is 7.89. The first-order chi connectivity index (χ1) is 15.9. The fraction of sp³-hybridized carbons (Fsp3) is 0.217. The number of rotatable bonds is 7. The number of furan rings is 1. The Labute approximate surface area is 196 Å². The van der Waals surface area contributed by atoms with Gasteiger partial charge in [0.15, 0.2) is 0 Å². The first-order valence-electron chi connectivity index (χ1n) is 10.3. The predicted octanol–water partition coefficient (Wildman–Crippen LogP) is 2.82. The van der Waals surface area contributed by atoms with Crippen molar-refractivity contribution in [2.75, 3.05) is 26.2 Å². The van der Waals surface area contributed by atoms with Gasteiger partial charge in [-0.15, -0.1) is 11.3 Å². The summed E-state index contributed by atoms with van der Waals surface area (Å²) in [6.45, 7) is 2.00. The second-order valence-electron chi connectivity index (χ2n) is 7.40. The van der Waals surface area contributed by atoms with E-state index in [9.17, 15) is 18.0 Å². The topological polar surface area (TPSA) is 99.9 Å². The van der Waals surface area contributed by atoms with Crippen LogP contribution in [0.5, 0.6) is 0 Å². The van der Waals surface area contributed by atoms with Gasteiger partial charge in [-0.05, 0) is 47.4 Å². The van der Waals surface area contributed by atoms with Gasteiger partial charge in [0.1, 0.15) is 5.76 Å². The molecule has 33 heavy (non-hydrogen) atoms. The molecule has 0 bridgehead atoms. The molecule has 1 N–H and O–H groups in total. The minimum Gasteiger partial charge on any atom is -0.468 e. The lowest BCUT2D eigenvalue weighted by Crippen LogP contribution is -2.50. The number of hydrogen-bond acceptors (Lipinski definition) is 6. The van der Waals surface area contributed by atoms with Crippen LogP contribution in [0.4, 0.5) is 0 Å². The van der Waals surface area contributed by atoms with Gasteiger partial charge in [0, 0.05) is 32.3 Å². The number of amides is 2. The quantitative estimate of drug-likeness (QED) is 0.519. The second kappa shape index (κ2) is 10.2. The Kier molecular flexibility index (Phi) is 7.07. The van der Waals surface area contributed by atoms with E-state index < -0.39 is 10.0 Å². The Bertz CT molecular complexity index is 1210. The van der Waals surface area contributed by atoms with Crippen molar-refractivity contribution >= 4 is 39.3 Å². The summed E-state index contributed by atoms with van der Waals surface area (Å²) in [6.07, 6.45) is 4.60. The van der Waals surface area contributed by atoms with Crippen LogP contribution in [0, 0.1) is 0 Å². The van der Waals surface area contributed by atoms with Crippen molar-refractivity contribution in [3.63, 3.8) is 0 Å². The van der Waals surface area contributed by atoms with Gasteiger partial charge in [-0.2, -0.15) is 0 Å². The van der Waals surface area contributed by atoms with Gasteiger partial charge in [-0.1, -0.05) is 18.2 Å². The summed E-state index contributed by atoms with van der Waals surface area (Å²) in [5.41, 5.74) is 0.708. The molecular formula is C23H23N3O5S2. The van der Waals surface area contributed by atoms with Gasteiger partial charge in [-0.25, -0.2) is 13.1 Å². The van der Waals surface area contributed by atoms with E-state index >= 15 is 0 Å². The minimum atomic E-state index is -3.67. The largest absolute Gasteiger partial charge is 0.468 e. The lowest BCUT2D eigenvalue weighted by molar-refractivity contribution is -0.127. The Morgan fingerprint density at radius 2 is 1.73 bits per heavy atom. The highest BCUT2D eigenvalue weighted by Gasteiger charge is 2.24. The summed E-state index contributed by atoms with van der Waals surface area (Å²) in [6, 6.07) is 13.3. The Morgan fingerprint density at radius 3 is 2.36 bits per heavy atom. The lowest BCUT2D eigenvalue weighted by Gasteiger charge is -2.34. The third kappa shape index (κ3) is 5.78. The predicted molar refractivity (Wildman–Crippen MR) is 125 cm³/mol. The van der Waals surface area contributed by atoms with Crippen LogP contribution in [0.2, 0.25) is 0 Å². The maximum Gasteiger partial charge on any atom is 0.264 e. The molecule has 1 aromatic carbocycles. The molecule has 1 aliphatic rings. The number of sulfonamides is 1. The van der Waals surface area contributed by atoms with Crippen molar-refractivity contribution < 1.29 is 22.4 Å². The van der Waals surface area contributed by atoms with Crippen LogP contribution in [0.3, 0.4) is 0 Å². The van der Waals surface area contributed by atoms with E-state index in [1.807, 2.05) is 11.4 Å². The van der Waals surface area contributed by atoms with Crippen molar-refractivity contribution in [1.29, 1.82) is 0 Å². The zero-order chi connectivity index (χ0) is 23.3. The maximum absolute atomic E-state index is 12.5. The fourth-order valence-corrected chi connectivity index (χ4v) is 5.06. The van der Waals surface area contributed by atoms with E-state index in [2.05, 4.69) is 4.72 Å². The van der Waals surface area contributed by atoms with E-state index in [0.29, 0.717) is 42.4 Å². The molecular weight excluding hydrogens is 462 g/mol. The summed E-state index contributed by atoms with van der Waals surface area (Å²) in [7, 11) is -3.67. The van der Waals surface area contributed by atoms with Crippen LogP contribution in [-0.4, -0.2) is 56.2 Å². The van der Waals surface area contributed by atoms with Crippen LogP contribution < -0.4 is 4.72 Å². The van der Waals surface area contributed by atoms with Crippen molar-refractivity contribution in [1.82, 2.24) is 14.5 Å². The summed E-state index contributed by atoms with van der Waals surface area (Å²) >= 11 is 1.41. The maximum atomic E-state index is 12.5. The Morgan fingerprint density at radius 1 is 1.00 bits per heavy atom. The summed E-state index contributed by atoms with van der Waals surface area (Å²) < 4.78 is 32.4. The van der Waals surface area contributed by atoms with Gasteiger partial charge in [-0.3, -0.25) is 9.59 Å². The highest BCUT2D eigenvalue weighted by Crippen LogP contribution is 2.15. The first kappa shape index (κ1) is 23.0. The van der Waals surface area contributed by atoms with Crippen LogP contribution in [0.15, 0.2) is 75.6 Å². The van der Waals surface area contributed by atoms with Gasteiger partial charge >= 0.3 is 0 Å². The lowest BCUT2D eigenvalue weighted by atomic mass is 10.2. The molecule has 1 saturated heterocycles. The summed E-state index contributed by atoms with van der Waals surface area (Å²) in [5, 5.41) is 1.87. The molecule has 3 heterocycles. The Balaban J connectivity index is 1.29. The van der Waals surface area contributed by atoms with E-state index in [1.165, 1.54) is 35.8 Å². The van der Waals surface area contributed by atoms with Crippen molar-refractivity contribution in [3.05, 3.63) is 82.5 Å². The van der Waals surface area contributed by atoms with Crippen molar-refractivity contribution in [2.45, 2.75) is 11.4 Å². The molecule has 10 heteroatoms.